The molecule has 0 saturated carbocycles. The van der Waals surface area contributed by atoms with Crippen LogP contribution in [0.3, 0.4) is 0 Å². The molecule has 0 aliphatic carbocycles. The van der Waals surface area contributed by atoms with Crippen LogP contribution in [0.4, 0.5) is 5.69 Å². The summed E-state index contributed by atoms with van der Waals surface area (Å²) >= 11 is 3.32. The molecule has 24 heavy (non-hydrogen) atoms. The highest BCUT2D eigenvalue weighted by molar-refractivity contribution is 9.10. The summed E-state index contributed by atoms with van der Waals surface area (Å²) in [4.78, 5) is 12.1. The largest absolute Gasteiger partial charge is 0.507 e. The Kier molecular flexibility index (Phi) is 5.98. The van der Waals surface area contributed by atoms with Crippen LogP contribution in [0.25, 0.3) is 0 Å². The van der Waals surface area contributed by atoms with Crippen molar-refractivity contribution in [2.75, 3.05) is 5.32 Å². The fourth-order valence-corrected chi connectivity index (χ4v) is 2.54. The number of nitrogens with one attached hydrogen (secondary N) is 2. The lowest BCUT2D eigenvalue weighted by Gasteiger charge is -2.15. The molecule has 1 atom stereocenters. The standard InChI is InChI=1S/C18H20BrN3O2/c1-11-4-6-16(12(2)8-11)21-13(3)18(24)22-20-10-14-9-15(19)5-7-17(14)23/h4-10,13,21,23H,1-3H3,(H,22,24)/b20-10+/t13-/m1/s1. The van der Waals surface area contributed by atoms with Gasteiger partial charge in [0.2, 0.25) is 0 Å². The second kappa shape index (κ2) is 7.97. The molecule has 0 saturated heterocycles. The molecule has 0 unspecified atom stereocenters. The molecule has 6 heteroatoms. The number of hydrogen-bond acceptors (Lipinski definition) is 4. The van der Waals surface area contributed by atoms with Crippen LogP contribution in [-0.2, 0) is 4.79 Å². The summed E-state index contributed by atoms with van der Waals surface area (Å²) < 4.78 is 0.818. The van der Waals surface area contributed by atoms with E-state index in [1.165, 1.54) is 11.8 Å². The van der Waals surface area contributed by atoms with E-state index in [1.807, 2.05) is 26.0 Å². The average Bonchev–Trinajstić information content (AvgIpc) is 2.53. The molecule has 5 nitrogen and oxygen atoms in total. The fourth-order valence-electron chi connectivity index (χ4n) is 2.17. The number of aryl methyl sites for hydroxylation is 2. The van der Waals surface area contributed by atoms with Gasteiger partial charge in [-0.25, -0.2) is 5.43 Å². The minimum Gasteiger partial charge on any atom is -0.507 e. The minimum atomic E-state index is -0.445. The van der Waals surface area contributed by atoms with Gasteiger partial charge in [0.1, 0.15) is 11.8 Å². The van der Waals surface area contributed by atoms with Gasteiger partial charge in [-0.15, -0.1) is 0 Å². The van der Waals surface area contributed by atoms with Gasteiger partial charge in [-0.3, -0.25) is 4.79 Å². The van der Waals surface area contributed by atoms with Gasteiger partial charge in [0, 0.05) is 15.7 Å². The Morgan fingerprint density at radius 1 is 1.25 bits per heavy atom. The zero-order valence-electron chi connectivity index (χ0n) is 13.8. The molecule has 0 fully saturated rings. The maximum atomic E-state index is 12.1. The summed E-state index contributed by atoms with van der Waals surface area (Å²) in [7, 11) is 0. The lowest BCUT2D eigenvalue weighted by molar-refractivity contribution is -0.121. The molecule has 1 amide bonds. The minimum absolute atomic E-state index is 0.0950. The number of halogens is 1. The van der Waals surface area contributed by atoms with Crippen molar-refractivity contribution in [2.24, 2.45) is 5.10 Å². The third-order valence-corrected chi connectivity index (χ3v) is 4.01. The van der Waals surface area contributed by atoms with Crippen molar-refractivity contribution in [3.8, 4) is 5.75 Å². The summed E-state index contributed by atoms with van der Waals surface area (Å²) in [6, 6.07) is 10.5. The number of phenols is 1. The molecular weight excluding hydrogens is 370 g/mol. The monoisotopic (exact) mass is 389 g/mol. The molecule has 0 radical (unpaired) electrons. The number of aromatic hydroxyl groups is 1. The zero-order chi connectivity index (χ0) is 17.7. The van der Waals surface area contributed by atoms with E-state index in [0.717, 1.165) is 15.7 Å². The van der Waals surface area contributed by atoms with Crippen LogP contribution in [0.15, 0.2) is 46.0 Å². The second-order valence-corrected chi connectivity index (χ2v) is 6.54. The predicted octanol–water partition coefficient (Wildman–Crippen LogP) is 3.72. The Hall–Kier alpha value is -2.34. The van der Waals surface area contributed by atoms with Gasteiger partial charge in [-0.05, 0) is 50.6 Å². The van der Waals surface area contributed by atoms with Crippen LogP contribution in [0, 0.1) is 13.8 Å². The Morgan fingerprint density at radius 3 is 2.71 bits per heavy atom. The van der Waals surface area contributed by atoms with Crippen molar-refractivity contribution in [1.82, 2.24) is 5.43 Å². The number of benzene rings is 2. The van der Waals surface area contributed by atoms with Gasteiger partial charge in [0.05, 0.1) is 6.21 Å². The van der Waals surface area contributed by atoms with Crippen molar-refractivity contribution in [1.29, 1.82) is 0 Å². The van der Waals surface area contributed by atoms with E-state index >= 15 is 0 Å². The Morgan fingerprint density at radius 2 is 2.00 bits per heavy atom. The Bertz CT molecular complexity index is 775. The number of carbonyl (C=O) groups is 1. The summed E-state index contributed by atoms with van der Waals surface area (Å²) in [6.07, 6.45) is 1.40. The van der Waals surface area contributed by atoms with Crippen LogP contribution in [0.5, 0.6) is 5.75 Å². The van der Waals surface area contributed by atoms with Gasteiger partial charge in [0.25, 0.3) is 5.91 Å². The number of hydrazone groups is 1. The predicted molar refractivity (Wildman–Crippen MR) is 101 cm³/mol. The van der Waals surface area contributed by atoms with E-state index in [9.17, 15) is 9.90 Å². The highest BCUT2D eigenvalue weighted by Crippen LogP contribution is 2.20. The van der Waals surface area contributed by atoms with Crippen LogP contribution >= 0.6 is 15.9 Å². The van der Waals surface area contributed by atoms with E-state index in [4.69, 9.17) is 0 Å². The highest BCUT2D eigenvalue weighted by Gasteiger charge is 2.12. The molecule has 2 aromatic rings. The third-order valence-electron chi connectivity index (χ3n) is 3.52. The fraction of sp³-hybridized carbons (Fsp3) is 0.222. The topological polar surface area (TPSA) is 73.7 Å². The average molecular weight is 390 g/mol. The van der Waals surface area contributed by atoms with Crippen LogP contribution in [0.1, 0.15) is 23.6 Å². The first-order valence-electron chi connectivity index (χ1n) is 7.52. The number of amides is 1. The highest BCUT2D eigenvalue weighted by atomic mass is 79.9. The first-order valence-corrected chi connectivity index (χ1v) is 8.31. The van der Waals surface area contributed by atoms with Crippen molar-refractivity contribution in [3.05, 3.63) is 57.6 Å². The molecule has 126 valence electrons. The van der Waals surface area contributed by atoms with Crippen molar-refractivity contribution < 1.29 is 9.90 Å². The molecule has 0 spiro atoms. The molecule has 0 aromatic heterocycles. The van der Waals surface area contributed by atoms with Crippen molar-refractivity contribution in [3.63, 3.8) is 0 Å². The number of phenolic OH excluding ortho intramolecular Hbond substituents is 1. The molecule has 2 rings (SSSR count). The van der Waals surface area contributed by atoms with E-state index in [2.05, 4.69) is 37.8 Å². The number of rotatable bonds is 5. The lowest BCUT2D eigenvalue weighted by Crippen LogP contribution is -2.35. The van der Waals surface area contributed by atoms with Crippen LogP contribution in [0.2, 0.25) is 0 Å². The number of carbonyl (C=O) groups excluding carboxylic acids is 1. The van der Waals surface area contributed by atoms with Crippen molar-refractivity contribution >= 4 is 33.7 Å². The van der Waals surface area contributed by atoms with E-state index in [-0.39, 0.29) is 11.7 Å². The first kappa shape index (κ1) is 18.0. The third kappa shape index (κ3) is 4.83. The van der Waals surface area contributed by atoms with Crippen LogP contribution in [-0.4, -0.2) is 23.3 Å². The molecule has 0 bridgehead atoms. The van der Waals surface area contributed by atoms with Gasteiger partial charge >= 0.3 is 0 Å². The van der Waals surface area contributed by atoms with E-state index in [1.54, 1.807) is 25.1 Å². The number of nitrogens with zero attached hydrogens (tertiary/aromatic N) is 1. The molecule has 0 aliphatic heterocycles. The summed E-state index contributed by atoms with van der Waals surface area (Å²) in [5.41, 5.74) is 6.15. The maximum Gasteiger partial charge on any atom is 0.262 e. The summed E-state index contributed by atoms with van der Waals surface area (Å²) in [6.45, 7) is 5.79. The summed E-state index contributed by atoms with van der Waals surface area (Å²) in [5.74, 6) is -0.168. The van der Waals surface area contributed by atoms with Crippen molar-refractivity contribution in [2.45, 2.75) is 26.8 Å². The second-order valence-electron chi connectivity index (χ2n) is 5.62. The first-order chi connectivity index (χ1) is 11.4. The molecule has 2 aromatic carbocycles. The van der Waals surface area contributed by atoms with Crippen LogP contribution < -0.4 is 10.7 Å². The number of hydrogen-bond donors (Lipinski definition) is 3. The quantitative estimate of drug-likeness (QED) is 0.538. The zero-order valence-corrected chi connectivity index (χ0v) is 15.4. The number of anilines is 1. The van der Waals surface area contributed by atoms with E-state index in [0.29, 0.717) is 5.56 Å². The lowest BCUT2D eigenvalue weighted by atomic mass is 10.1. The molecular formula is C18H20BrN3O2. The Labute approximate surface area is 149 Å². The maximum absolute atomic E-state index is 12.1. The van der Waals surface area contributed by atoms with Gasteiger partial charge in [-0.1, -0.05) is 33.6 Å². The molecule has 0 aliphatic rings. The smallest absolute Gasteiger partial charge is 0.262 e. The Balaban J connectivity index is 1.96. The van der Waals surface area contributed by atoms with Gasteiger partial charge in [-0.2, -0.15) is 5.10 Å². The summed E-state index contributed by atoms with van der Waals surface area (Å²) in [5, 5.41) is 16.8. The van der Waals surface area contributed by atoms with Gasteiger partial charge in [0.15, 0.2) is 0 Å². The molecule has 0 heterocycles. The molecule has 3 N–H and O–H groups in total. The SMILES string of the molecule is Cc1ccc(N[C@H](C)C(=O)N/N=C/c2cc(Br)ccc2O)c(C)c1. The van der Waals surface area contributed by atoms with Gasteiger partial charge < -0.3 is 10.4 Å². The normalized spacial score (nSPS) is 12.2. The van der Waals surface area contributed by atoms with E-state index < -0.39 is 6.04 Å².